The average molecular weight is 428 g/mol. The highest BCUT2D eigenvalue weighted by molar-refractivity contribution is 7.80. The Bertz CT molecular complexity index is 1110. The molecule has 2 aromatic carbocycles. The van der Waals surface area contributed by atoms with E-state index in [4.69, 9.17) is 0 Å². The Morgan fingerprint density at radius 3 is 2.34 bits per heavy atom. The van der Waals surface area contributed by atoms with Gasteiger partial charge in [-0.25, -0.2) is 17.4 Å². The van der Waals surface area contributed by atoms with Crippen LogP contribution in [0, 0.1) is 29.1 Å². The van der Waals surface area contributed by atoms with Crippen LogP contribution < -0.4 is 9.50 Å². The number of fused-ring (bicyclic) bond motifs is 1. The van der Waals surface area contributed by atoms with Gasteiger partial charge < -0.3 is 9.50 Å². The third-order valence-corrected chi connectivity index (χ3v) is 5.63. The molecule has 0 saturated carbocycles. The van der Waals surface area contributed by atoms with Crippen molar-refractivity contribution in [2.45, 2.75) is 23.8 Å². The Morgan fingerprint density at radius 2 is 1.69 bits per heavy atom. The molecule has 1 aliphatic heterocycles. The van der Waals surface area contributed by atoms with Gasteiger partial charge in [-0.05, 0) is 43.0 Å². The summed E-state index contributed by atoms with van der Waals surface area (Å²) in [7, 11) is 0. The van der Waals surface area contributed by atoms with Crippen molar-refractivity contribution in [1.82, 2.24) is 10.3 Å². The van der Waals surface area contributed by atoms with Gasteiger partial charge in [0.1, 0.15) is 0 Å². The van der Waals surface area contributed by atoms with Crippen molar-refractivity contribution in [3.05, 3.63) is 65.2 Å². The Hall–Kier alpha value is -2.59. The second-order valence-electron chi connectivity index (χ2n) is 6.45. The van der Waals surface area contributed by atoms with Crippen LogP contribution in [-0.4, -0.2) is 15.7 Å². The molecule has 0 radical (unpaired) electrons. The first-order chi connectivity index (χ1) is 13.9. The first-order valence-electron chi connectivity index (χ1n) is 8.62. The van der Waals surface area contributed by atoms with Gasteiger partial charge in [-0.15, -0.1) is 0 Å². The van der Waals surface area contributed by atoms with Crippen LogP contribution >= 0.6 is 0 Å². The SMILES string of the molecule is O=S(Oc1c(F)c(F)c(F)c(F)c1F)c1ccc2c(C3CCCN3)nccc2c1. The Labute approximate surface area is 164 Å². The molecule has 10 heteroatoms. The molecule has 0 bridgehead atoms. The molecular weight excluding hydrogens is 415 g/mol. The van der Waals surface area contributed by atoms with Gasteiger partial charge in [0.05, 0.1) is 16.6 Å². The molecule has 0 amide bonds. The lowest BCUT2D eigenvalue weighted by Crippen LogP contribution is -2.14. The lowest BCUT2D eigenvalue weighted by atomic mass is 10.0. The van der Waals surface area contributed by atoms with Gasteiger partial charge in [-0.1, -0.05) is 6.07 Å². The van der Waals surface area contributed by atoms with Crippen molar-refractivity contribution in [2.75, 3.05) is 6.54 Å². The number of pyridine rings is 1. The van der Waals surface area contributed by atoms with Crippen molar-refractivity contribution in [3.63, 3.8) is 0 Å². The summed E-state index contributed by atoms with van der Waals surface area (Å²) >= 11 is -2.51. The highest BCUT2D eigenvalue weighted by Crippen LogP contribution is 2.32. The summed E-state index contributed by atoms with van der Waals surface area (Å²) in [5.74, 6) is -12.6. The zero-order valence-corrected chi connectivity index (χ0v) is 15.5. The lowest BCUT2D eigenvalue weighted by Gasteiger charge is -2.13. The topological polar surface area (TPSA) is 51.2 Å². The molecule has 1 aromatic heterocycles. The molecule has 0 spiro atoms. The van der Waals surface area contributed by atoms with Crippen LogP contribution in [0.15, 0.2) is 35.4 Å². The van der Waals surface area contributed by atoms with E-state index in [0.29, 0.717) is 5.39 Å². The summed E-state index contributed by atoms with van der Waals surface area (Å²) < 4.78 is 84.3. The highest BCUT2D eigenvalue weighted by Gasteiger charge is 2.29. The molecule has 4 rings (SSSR count). The number of aromatic nitrogens is 1. The second-order valence-corrected chi connectivity index (χ2v) is 7.55. The van der Waals surface area contributed by atoms with E-state index in [1.54, 1.807) is 18.3 Å². The molecule has 2 heterocycles. The zero-order valence-electron chi connectivity index (χ0n) is 14.6. The predicted molar refractivity (Wildman–Crippen MR) is 95.0 cm³/mol. The van der Waals surface area contributed by atoms with Crippen LogP contribution in [0.3, 0.4) is 0 Å². The maximum Gasteiger partial charge on any atom is 0.240 e. The van der Waals surface area contributed by atoms with E-state index in [-0.39, 0.29) is 10.9 Å². The van der Waals surface area contributed by atoms with E-state index in [1.807, 2.05) is 0 Å². The summed E-state index contributed by atoms with van der Waals surface area (Å²) in [6.45, 7) is 0.876. The smallest absolute Gasteiger partial charge is 0.240 e. The van der Waals surface area contributed by atoms with Gasteiger partial charge >= 0.3 is 0 Å². The molecule has 4 nitrogen and oxygen atoms in total. The van der Waals surface area contributed by atoms with Gasteiger partial charge in [-0.2, -0.15) is 8.78 Å². The van der Waals surface area contributed by atoms with Gasteiger partial charge in [0.25, 0.3) is 0 Å². The maximum absolute atomic E-state index is 13.8. The van der Waals surface area contributed by atoms with Gasteiger partial charge in [-0.3, -0.25) is 4.98 Å². The van der Waals surface area contributed by atoms with E-state index in [0.717, 1.165) is 30.5 Å². The second kappa shape index (κ2) is 7.68. The van der Waals surface area contributed by atoms with Gasteiger partial charge in [0, 0.05) is 11.6 Å². The van der Waals surface area contributed by atoms with Crippen molar-refractivity contribution in [1.29, 1.82) is 0 Å². The summed E-state index contributed by atoms with van der Waals surface area (Å²) in [6.07, 6.45) is 3.51. The minimum atomic E-state index is -2.51. The fourth-order valence-corrected chi connectivity index (χ4v) is 4.06. The maximum atomic E-state index is 13.8. The van der Waals surface area contributed by atoms with E-state index in [2.05, 4.69) is 14.5 Å². The first-order valence-corrected chi connectivity index (χ1v) is 9.69. The number of rotatable bonds is 4. The average Bonchev–Trinajstić information content (AvgIpc) is 3.27. The number of halogens is 5. The largest absolute Gasteiger partial charge is 0.390 e. The molecular formula is C19H13F5N2O2S. The van der Waals surface area contributed by atoms with E-state index >= 15 is 0 Å². The highest BCUT2D eigenvalue weighted by atomic mass is 32.2. The molecule has 1 N–H and O–H groups in total. The molecule has 0 aliphatic carbocycles. The molecule has 1 aliphatic rings. The quantitative estimate of drug-likeness (QED) is 0.379. The molecule has 152 valence electrons. The van der Waals surface area contributed by atoms with Crippen molar-refractivity contribution in [3.8, 4) is 5.75 Å². The van der Waals surface area contributed by atoms with E-state index < -0.39 is 45.9 Å². The third-order valence-electron chi connectivity index (χ3n) is 4.68. The fraction of sp³-hybridized carbons (Fsp3) is 0.211. The van der Waals surface area contributed by atoms with Crippen LogP contribution in [0.5, 0.6) is 5.75 Å². The molecule has 1 saturated heterocycles. The summed E-state index contributed by atoms with van der Waals surface area (Å²) in [4.78, 5) is 4.39. The lowest BCUT2D eigenvalue weighted by molar-refractivity contribution is 0.352. The summed E-state index contributed by atoms with van der Waals surface area (Å²) in [5.41, 5.74) is 0.818. The monoisotopic (exact) mass is 428 g/mol. The number of nitrogens with one attached hydrogen (secondary N) is 1. The molecule has 2 unspecified atom stereocenters. The Balaban J connectivity index is 1.68. The third kappa shape index (κ3) is 3.46. The van der Waals surface area contributed by atoms with Gasteiger partial charge in [0.15, 0.2) is 0 Å². The van der Waals surface area contributed by atoms with Crippen molar-refractivity contribution in [2.24, 2.45) is 0 Å². The summed E-state index contributed by atoms with van der Waals surface area (Å²) in [6, 6.07) is 6.22. The van der Waals surface area contributed by atoms with Crippen LogP contribution in [0.4, 0.5) is 22.0 Å². The van der Waals surface area contributed by atoms with E-state index in [9.17, 15) is 26.2 Å². The predicted octanol–water partition coefficient (Wildman–Crippen LogP) is 4.46. The van der Waals surface area contributed by atoms with Crippen LogP contribution in [0.1, 0.15) is 24.6 Å². The zero-order chi connectivity index (χ0) is 20.7. The molecule has 29 heavy (non-hydrogen) atoms. The van der Waals surface area contributed by atoms with Gasteiger partial charge in [0.2, 0.25) is 45.9 Å². The molecule has 3 aromatic rings. The minimum absolute atomic E-state index is 0.00188. The van der Waals surface area contributed by atoms with Crippen molar-refractivity contribution < 1.29 is 30.3 Å². The van der Waals surface area contributed by atoms with Crippen LogP contribution in [0.25, 0.3) is 10.8 Å². The molecule has 1 fully saturated rings. The number of hydrogen-bond acceptors (Lipinski definition) is 4. The number of hydrogen-bond donors (Lipinski definition) is 1. The van der Waals surface area contributed by atoms with Crippen LogP contribution in [0.2, 0.25) is 0 Å². The minimum Gasteiger partial charge on any atom is -0.390 e. The first kappa shape index (κ1) is 19.7. The fourth-order valence-electron chi connectivity index (χ4n) is 3.26. The number of nitrogens with zero attached hydrogens (tertiary/aromatic N) is 1. The van der Waals surface area contributed by atoms with Crippen LogP contribution in [-0.2, 0) is 11.1 Å². The van der Waals surface area contributed by atoms with Crippen molar-refractivity contribution >= 4 is 21.9 Å². The Morgan fingerprint density at radius 1 is 1.00 bits per heavy atom. The standard InChI is InChI=1S/C19H13F5N2O2S/c20-13-14(21)16(23)19(17(24)15(13)22)28-29(27)10-3-4-11-9(8-10)5-7-26-18(11)12-2-1-6-25-12/h3-5,7-8,12,25H,1-2,6H2. The Kier molecular flexibility index (Phi) is 5.22. The normalized spacial score (nSPS) is 17.6. The molecule has 2 atom stereocenters. The van der Waals surface area contributed by atoms with E-state index in [1.165, 1.54) is 12.1 Å². The number of benzene rings is 2. The summed E-state index contributed by atoms with van der Waals surface area (Å²) in [5, 5.41) is 4.77.